The van der Waals surface area contributed by atoms with Crippen LogP contribution in [-0.4, -0.2) is 12.4 Å². The SMILES string of the molecule is BrC(Br)=C1C=CC2OC2O1. The second kappa shape index (κ2) is 2.36. The maximum absolute atomic E-state index is 5.30. The maximum Gasteiger partial charge on any atom is 0.231 e. The van der Waals surface area contributed by atoms with E-state index in [1.54, 1.807) is 0 Å². The lowest BCUT2D eigenvalue weighted by molar-refractivity contribution is 0.115. The third-order valence-electron chi connectivity index (χ3n) is 1.35. The molecule has 0 aromatic rings. The van der Waals surface area contributed by atoms with Crippen molar-refractivity contribution in [3.63, 3.8) is 0 Å². The smallest absolute Gasteiger partial charge is 0.231 e. The molecule has 0 aliphatic carbocycles. The molecule has 10 heavy (non-hydrogen) atoms. The van der Waals surface area contributed by atoms with Gasteiger partial charge in [0.1, 0.15) is 15.3 Å². The summed E-state index contributed by atoms with van der Waals surface area (Å²) in [6.45, 7) is 0. The van der Waals surface area contributed by atoms with Crippen LogP contribution in [0.2, 0.25) is 0 Å². The van der Waals surface area contributed by atoms with Crippen molar-refractivity contribution in [1.82, 2.24) is 0 Å². The first-order chi connectivity index (χ1) is 4.77. The fourth-order valence-corrected chi connectivity index (χ4v) is 1.25. The van der Waals surface area contributed by atoms with E-state index in [1.165, 1.54) is 0 Å². The van der Waals surface area contributed by atoms with E-state index in [0.717, 1.165) is 9.15 Å². The molecule has 0 aromatic carbocycles. The van der Waals surface area contributed by atoms with E-state index in [9.17, 15) is 0 Å². The number of epoxide rings is 1. The minimum atomic E-state index is -0.0369. The van der Waals surface area contributed by atoms with Crippen LogP contribution in [0, 0.1) is 0 Å². The van der Waals surface area contributed by atoms with Crippen LogP contribution in [0.25, 0.3) is 0 Å². The van der Waals surface area contributed by atoms with Gasteiger partial charge in [-0.25, -0.2) is 0 Å². The zero-order valence-electron chi connectivity index (χ0n) is 4.88. The zero-order valence-corrected chi connectivity index (χ0v) is 8.05. The first-order valence-electron chi connectivity index (χ1n) is 2.83. The van der Waals surface area contributed by atoms with Crippen LogP contribution in [0.1, 0.15) is 0 Å². The standard InChI is InChI=1S/C6H4Br2O2/c7-5(8)3-1-2-4-6(9-3)10-4/h1-2,4,6H. The summed E-state index contributed by atoms with van der Waals surface area (Å²) in [5.41, 5.74) is 0. The highest BCUT2D eigenvalue weighted by Gasteiger charge is 2.42. The van der Waals surface area contributed by atoms with Gasteiger partial charge >= 0.3 is 0 Å². The Morgan fingerprint density at radius 3 is 2.90 bits per heavy atom. The quantitative estimate of drug-likeness (QED) is 0.628. The van der Waals surface area contributed by atoms with Crippen molar-refractivity contribution in [2.24, 2.45) is 0 Å². The van der Waals surface area contributed by atoms with Crippen molar-refractivity contribution in [1.29, 1.82) is 0 Å². The van der Waals surface area contributed by atoms with Gasteiger partial charge in [-0.05, 0) is 44.0 Å². The Balaban J connectivity index is 2.22. The molecule has 0 bridgehead atoms. The lowest BCUT2D eigenvalue weighted by Gasteiger charge is -2.05. The van der Waals surface area contributed by atoms with Gasteiger partial charge in [-0.2, -0.15) is 0 Å². The summed E-state index contributed by atoms with van der Waals surface area (Å²) < 4.78 is 11.2. The van der Waals surface area contributed by atoms with Crippen molar-refractivity contribution < 1.29 is 9.47 Å². The fraction of sp³-hybridized carbons (Fsp3) is 0.333. The van der Waals surface area contributed by atoms with Crippen LogP contribution >= 0.6 is 31.9 Å². The highest BCUT2D eigenvalue weighted by atomic mass is 79.9. The van der Waals surface area contributed by atoms with Gasteiger partial charge in [0.15, 0.2) is 0 Å². The third-order valence-corrected chi connectivity index (χ3v) is 2.13. The Morgan fingerprint density at radius 1 is 1.50 bits per heavy atom. The van der Waals surface area contributed by atoms with E-state index < -0.39 is 0 Å². The average molecular weight is 268 g/mol. The normalized spacial score (nSPS) is 34.8. The molecule has 2 heterocycles. The minimum Gasteiger partial charge on any atom is -0.460 e. The monoisotopic (exact) mass is 266 g/mol. The number of allylic oxidation sites excluding steroid dienone is 1. The van der Waals surface area contributed by atoms with Gasteiger partial charge in [0.25, 0.3) is 0 Å². The van der Waals surface area contributed by atoms with Crippen molar-refractivity contribution in [2.45, 2.75) is 12.4 Å². The topological polar surface area (TPSA) is 21.8 Å². The number of hydrogen-bond acceptors (Lipinski definition) is 2. The van der Waals surface area contributed by atoms with Crippen molar-refractivity contribution in [2.75, 3.05) is 0 Å². The average Bonchev–Trinajstić information content (AvgIpc) is 2.63. The second-order valence-corrected chi connectivity index (χ2v) is 4.72. The molecular formula is C6H4Br2O2. The Kier molecular flexibility index (Phi) is 1.62. The second-order valence-electron chi connectivity index (χ2n) is 2.07. The van der Waals surface area contributed by atoms with Crippen LogP contribution in [0.4, 0.5) is 0 Å². The molecule has 2 nitrogen and oxygen atoms in total. The summed E-state index contributed by atoms with van der Waals surface area (Å²) in [7, 11) is 0. The molecule has 0 saturated carbocycles. The van der Waals surface area contributed by atoms with Gasteiger partial charge in [-0.3, -0.25) is 0 Å². The van der Waals surface area contributed by atoms with Crippen LogP contribution < -0.4 is 0 Å². The molecule has 0 spiro atoms. The van der Waals surface area contributed by atoms with Gasteiger partial charge < -0.3 is 9.47 Å². The lowest BCUT2D eigenvalue weighted by Crippen LogP contribution is -2.02. The number of rotatable bonds is 0. The minimum absolute atomic E-state index is 0.0369. The van der Waals surface area contributed by atoms with E-state index >= 15 is 0 Å². The Bertz CT molecular complexity index is 218. The van der Waals surface area contributed by atoms with E-state index in [1.807, 2.05) is 12.2 Å². The van der Waals surface area contributed by atoms with E-state index in [4.69, 9.17) is 9.47 Å². The van der Waals surface area contributed by atoms with Gasteiger partial charge in [0.05, 0.1) is 0 Å². The summed E-state index contributed by atoms with van der Waals surface area (Å²) in [6.07, 6.45) is 4.02. The van der Waals surface area contributed by atoms with Gasteiger partial charge in [0, 0.05) is 0 Å². The highest BCUT2D eigenvalue weighted by Crippen LogP contribution is 2.35. The first kappa shape index (κ1) is 6.88. The molecule has 0 aromatic heterocycles. The summed E-state index contributed by atoms with van der Waals surface area (Å²) in [5.74, 6) is 0.791. The predicted molar refractivity (Wildman–Crippen MR) is 43.8 cm³/mol. The van der Waals surface area contributed by atoms with Crippen molar-refractivity contribution in [3.8, 4) is 0 Å². The number of halogens is 2. The summed E-state index contributed by atoms with van der Waals surface area (Å²) in [4.78, 5) is 0. The van der Waals surface area contributed by atoms with E-state index in [2.05, 4.69) is 31.9 Å². The van der Waals surface area contributed by atoms with Crippen LogP contribution in [0.3, 0.4) is 0 Å². The highest BCUT2D eigenvalue weighted by molar-refractivity contribution is 9.28. The molecule has 54 valence electrons. The molecule has 2 atom stereocenters. The Hall–Kier alpha value is 0.200. The van der Waals surface area contributed by atoms with Crippen molar-refractivity contribution in [3.05, 3.63) is 21.3 Å². The molecule has 2 unspecified atom stereocenters. The zero-order chi connectivity index (χ0) is 7.14. The summed E-state index contributed by atoms with van der Waals surface area (Å²) in [5, 5.41) is 0. The van der Waals surface area contributed by atoms with E-state index in [-0.39, 0.29) is 12.4 Å². The number of ether oxygens (including phenoxy) is 2. The van der Waals surface area contributed by atoms with Crippen LogP contribution in [-0.2, 0) is 9.47 Å². The molecule has 2 aliphatic rings. The fourth-order valence-electron chi connectivity index (χ4n) is 0.795. The molecule has 0 radical (unpaired) electrons. The van der Waals surface area contributed by atoms with Gasteiger partial charge in [0.2, 0.25) is 6.29 Å². The van der Waals surface area contributed by atoms with Crippen molar-refractivity contribution >= 4 is 31.9 Å². The molecule has 0 N–H and O–H groups in total. The molecule has 0 amide bonds. The molecule has 1 fully saturated rings. The maximum atomic E-state index is 5.30. The largest absolute Gasteiger partial charge is 0.460 e. The molecule has 2 rings (SSSR count). The summed E-state index contributed by atoms with van der Waals surface area (Å²) >= 11 is 6.49. The van der Waals surface area contributed by atoms with Crippen LogP contribution in [0.15, 0.2) is 21.3 Å². The first-order valence-corrected chi connectivity index (χ1v) is 4.41. The van der Waals surface area contributed by atoms with Crippen LogP contribution in [0.5, 0.6) is 0 Å². The number of fused-ring (bicyclic) bond motifs is 1. The molecule has 1 saturated heterocycles. The molecular weight excluding hydrogens is 264 g/mol. The lowest BCUT2D eigenvalue weighted by atomic mass is 10.3. The predicted octanol–water partition coefficient (Wildman–Crippen LogP) is 2.26. The Labute approximate surface area is 75.1 Å². The van der Waals surface area contributed by atoms with E-state index in [0.29, 0.717) is 0 Å². The number of hydrogen-bond donors (Lipinski definition) is 0. The Morgan fingerprint density at radius 2 is 2.30 bits per heavy atom. The third kappa shape index (κ3) is 1.15. The molecule has 2 aliphatic heterocycles. The molecule has 4 heteroatoms. The van der Waals surface area contributed by atoms with Gasteiger partial charge in [-0.15, -0.1) is 0 Å². The summed E-state index contributed by atoms with van der Waals surface area (Å²) in [6, 6.07) is 0. The van der Waals surface area contributed by atoms with Gasteiger partial charge in [-0.1, -0.05) is 0 Å².